The van der Waals surface area contributed by atoms with Gasteiger partial charge in [-0.1, -0.05) is 93.1 Å². The molecule has 45 heavy (non-hydrogen) atoms. The number of aromatic nitrogens is 2. The summed E-state index contributed by atoms with van der Waals surface area (Å²) in [4.78, 5) is 7.88. The molecule has 2 saturated heterocycles. The van der Waals surface area contributed by atoms with E-state index in [9.17, 15) is 0 Å². The molecular formula is C40H47N5. The van der Waals surface area contributed by atoms with E-state index in [1.165, 1.54) is 44.6 Å². The van der Waals surface area contributed by atoms with Crippen LogP contribution >= 0.6 is 0 Å². The molecule has 3 aliphatic rings. The molecule has 0 atom stereocenters. The first kappa shape index (κ1) is 29.6. The van der Waals surface area contributed by atoms with E-state index < -0.39 is 0 Å². The second-order valence-electron chi connectivity index (χ2n) is 14.1. The number of hydrogen-bond acceptors (Lipinski definition) is 4. The zero-order valence-electron chi connectivity index (χ0n) is 27.7. The number of nitrogens with zero attached hydrogens (tertiary/aromatic N) is 5. The van der Waals surface area contributed by atoms with Crippen LogP contribution in [0.5, 0.6) is 0 Å². The zero-order chi connectivity index (χ0) is 31.3. The van der Waals surface area contributed by atoms with E-state index in [0.717, 1.165) is 63.5 Å². The molecule has 232 valence electrons. The van der Waals surface area contributed by atoms with E-state index in [2.05, 4.69) is 121 Å². The van der Waals surface area contributed by atoms with Crippen LogP contribution < -0.4 is 0 Å². The van der Waals surface area contributed by atoms with Crippen LogP contribution in [0.2, 0.25) is 0 Å². The minimum absolute atomic E-state index is 0.0775. The van der Waals surface area contributed by atoms with Crippen molar-refractivity contribution in [2.24, 2.45) is 0 Å². The predicted octanol–water partition coefficient (Wildman–Crippen LogP) is 8.05. The van der Waals surface area contributed by atoms with Gasteiger partial charge in [0.05, 0.1) is 11.2 Å². The van der Waals surface area contributed by atoms with Gasteiger partial charge in [-0.2, -0.15) is 5.10 Å². The standard InChI is InChI=1S/C40H47N5/c1-7-34-23-30(3)24-35-28-43-31(4)44(27-32-12-14-36(15-13-32)45-19-9-18-41-45)40(37(43)25-39(5,6)38(34)35)16-20-42(21-17-40)26-33-11-8-10-29(2)22-33/h8-15,18-19,22-25H,4,7,16-17,20-21,26-28H2,1-3,5-6H3. The molecule has 5 heteroatoms. The van der Waals surface area contributed by atoms with E-state index in [4.69, 9.17) is 6.58 Å². The van der Waals surface area contributed by atoms with Gasteiger partial charge in [-0.15, -0.1) is 0 Å². The maximum atomic E-state index is 4.83. The second-order valence-corrected chi connectivity index (χ2v) is 14.1. The number of fused-ring (bicyclic) bond motifs is 3. The monoisotopic (exact) mass is 597 g/mol. The lowest BCUT2D eigenvalue weighted by molar-refractivity contribution is 0.0810. The van der Waals surface area contributed by atoms with E-state index in [1.54, 1.807) is 0 Å². The van der Waals surface area contributed by atoms with Gasteiger partial charge in [0.25, 0.3) is 0 Å². The predicted molar refractivity (Wildman–Crippen MR) is 184 cm³/mol. The minimum atomic E-state index is -0.0957. The number of benzene rings is 3. The average molecular weight is 598 g/mol. The fraction of sp³-hybridized carbons (Fsp3) is 0.375. The van der Waals surface area contributed by atoms with Crippen molar-refractivity contribution in [3.05, 3.63) is 142 Å². The van der Waals surface area contributed by atoms with Gasteiger partial charge in [0.2, 0.25) is 0 Å². The second kappa shape index (κ2) is 11.4. The van der Waals surface area contributed by atoms with Crippen molar-refractivity contribution in [3.8, 4) is 5.69 Å². The van der Waals surface area contributed by atoms with Gasteiger partial charge in [-0.3, -0.25) is 4.90 Å². The first-order valence-corrected chi connectivity index (χ1v) is 16.6. The third-order valence-corrected chi connectivity index (χ3v) is 10.4. The molecule has 0 amide bonds. The highest BCUT2D eigenvalue weighted by atomic mass is 15.5. The SMILES string of the molecule is C=C1N2Cc3cc(C)cc(CC)c3C(C)(C)C=C2C2(CCN(Cc3cccc(C)c3)CC2)N1Cc1ccc(-n2cccn2)cc1. The highest BCUT2D eigenvalue weighted by Crippen LogP contribution is 2.52. The largest absolute Gasteiger partial charge is 0.343 e. The van der Waals surface area contributed by atoms with Crippen molar-refractivity contribution >= 4 is 0 Å². The Morgan fingerprint density at radius 1 is 0.867 bits per heavy atom. The third-order valence-electron chi connectivity index (χ3n) is 10.4. The Bertz CT molecular complexity index is 1740. The summed E-state index contributed by atoms with van der Waals surface area (Å²) >= 11 is 0. The Labute approximate surface area is 269 Å². The van der Waals surface area contributed by atoms with Gasteiger partial charge in [-0.05, 0) is 79.1 Å². The summed E-state index contributed by atoms with van der Waals surface area (Å²) in [5.74, 6) is 1.13. The third kappa shape index (κ3) is 5.31. The number of piperidine rings is 1. The molecule has 2 fully saturated rings. The van der Waals surface area contributed by atoms with E-state index >= 15 is 0 Å². The van der Waals surface area contributed by atoms with Crippen molar-refractivity contribution in [2.75, 3.05) is 13.1 Å². The number of aryl methyl sites for hydroxylation is 3. The Morgan fingerprint density at radius 3 is 2.33 bits per heavy atom. The Hall–Kier alpha value is -4.09. The summed E-state index contributed by atoms with van der Waals surface area (Å²) in [6.07, 6.45) is 9.66. The highest BCUT2D eigenvalue weighted by Gasteiger charge is 2.53. The molecule has 4 aromatic rings. The summed E-state index contributed by atoms with van der Waals surface area (Å²) in [7, 11) is 0. The molecule has 0 radical (unpaired) electrons. The molecule has 0 aliphatic carbocycles. The van der Waals surface area contributed by atoms with Crippen LogP contribution in [0.1, 0.15) is 72.6 Å². The van der Waals surface area contributed by atoms with Crippen LogP contribution in [0.4, 0.5) is 0 Å². The van der Waals surface area contributed by atoms with Gasteiger partial charge in [-0.25, -0.2) is 4.68 Å². The molecule has 5 nitrogen and oxygen atoms in total. The fourth-order valence-electron chi connectivity index (χ4n) is 8.34. The van der Waals surface area contributed by atoms with Gasteiger partial charge in [0.15, 0.2) is 0 Å². The number of likely N-dealkylation sites (tertiary alicyclic amines) is 1. The van der Waals surface area contributed by atoms with Crippen LogP contribution in [-0.4, -0.2) is 43.1 Å². The van der Waals surface area contributed by atoms with E-state index in [0.29, 0.717) is 0 Å². The van der Waals surface area contributed by atoms with Crippen LogP contribution in [-0.2, 0) is 31.5 Å². The Balaban J connectivity index is 1.26. The Kier molecular flexibility index (Phi) is 7.48. The minimum Gasteiger partial charge on any atom is -0.343 e. The molecule has 7 rings (SSSR count). The summed E-state index contributed by atoms with van der Waals surface area (Å²) in [6, 6.07) is 24.7. The van der Waals surface area contributed by atoms with Crippen LogP contribution in [0.3, 0.4) is 0 Å². The highest BCUT2D eigenvalue weighted by molar-refractivity contribution is 5.51. The number of allylic oxidation sites excluding steroid dienone is 1. The normalized spacial score (nSPS) is 19.0. The van der Waals surface area contributed by atoms with Crippen molar-refractivity contribution < 1.29 is 0 Å². The van der Waals surface area contributed by atoms with Crippen molar-refractivity contribution in [2.45, 2.75) is 84.5 Å². The molecular weight excluding hydrogens is 550 g/mol. The summed E-state index contributed by atoms with van der Waals surface area (Å²) in [5, 5.41) is 4.42. The quantitative estimate of drug-likeness (QED) is 0.225. The number of hydrogen-bond donors (Lipinski definition) is 0. The zero-order valence-corrected chi connectivity index (χ0v) is 27.7. The molecule has 3 aromatic carbocycles. The van der Waals surface area contributed by atoms with Crippen molar-refractivity contribution in [1.29, 1.82) is 0 Å². The van der Waals surface area contributed by atoms with Gasteiger partial charge < -0.3 is 9.80 Å². The lowest BCUT2D eigenvalue weighted by Gasteiger charge is -2.46. The smallest absolute Gasteiger partial charge is 0.102 e. The molecule has 0 N–H and O–H groups in total. The van der Waals surface area contributed by atoms with Crippen molar-refractivity contribution in [1.82, 2.24) is 24.5 Å². The average Bonchev–Trinajstić information content (AvgIpc) is 3.59. The molecule has 1 spiro atoms. The van der Waals surface area contributed by atoms with Crippen LogP contribution in [0.15, 0.2) is 103 Å². The lowest BCUT2D eigenvalue weighted by atomic mass is 9.75. The molecule has 0 bridgehead atoms. The van der Waals surface area contributed by atoms with Crippen LogP contribution in [0, 0.1) is 13.8 Å². The summed E-state index contributed by atoms with van der Waals surface area (Å²) < 4.78 is 1.92. The van der Waals surface area contributed by atoms with E-state index in [-0.39, 0.29) is 11.0 Å². The van der Waals surface area contributed by atoms with E-state index in [1.807, 2.05) is 23.1 Å². The van der Waals surface area contributed by atoms with Crippen LogP contribution in [0.25, 0.3) is 5.69 Å². The maximum Gasteiger partial charge on any atom is 0.102 e. The summed E-state index contributed by atoms with van der Waals surface area (Å²) in [5.41, 5.74) is 12.2. The van der Waals surface area contributed by atoms with Crippen molar-refractivity contribution in [3.63, 3.8) is 0 Å². The lowest BCUT2D eigenvalue weighted by Crippen LogP contribution is -2.52. The molecule has 3 aliphatic heterocycles. The fourth-order valence-corrected chi connectivity index (χ4v) is 8.34. The van der Waals surface area contributed by atoms with Gasteiger partial charge in [0.1, 0.15) is 5.82 Å². The Morgan fingerprint density at radius 2 is 1.64 bits per heavy atom. The molecule has 1 aromatic heterocycles. The molecule has 4 heterocycles. The molecule has 0 unspecified atom stereocenters. The van der Waals surface area contributed by atoms with Gasteiger partial charge >= 0.3 is 0 Å². The topological polar surface area (TPSA) is 27.5 Å². The first-order valence-electron chi connectivity index (χ1n) is 16.6. The van der Waals surface area contributed by atoms with Gasteiger partial charge in [0, 0.05) is 56.2 Å². The molecule has 0 saturated carbocycles. The maximum absolute atomic E-state index is 4.83. The first-order chi connectivity index (χ1) is 21.7. The number of rotatable bonds is 6. The summed E-state index contributed by atoms with van der Waals surface area (Å²) in [6.45, 7) is 21.3.